The van der Waals surface area contributed by atoms with Gasteiger partial charge in [0, 0.05) is 31.5 Å². The molecule has 3 aromatic rings. The van der Waals surface area contributed by atoms with Crippen LogP contribution < -0.4 is 10.1 Å². The lowest BCUT2D eigenvalue weighted by atomic mass is 9.82. The molecule has 1 spiro atoms. The number of anilines is 1. The lowest BCUT2D eigenvalue weighted by Gasteiger charge is -2.45. The van der Waals surface area contributed by atoms with Gasteiger partial charge in [-0.2, -0.15) is 0 Å². The summed E-state index contributed by atoms with van der Waals surface area (Å²) in [5.41, 5.74) is 3.07. The minimum absolute atomic E-state index is 0.383. The van der Waals surface area contributed by atoms with Gasteiger partial charge in [0.25, 0.3) is 0 Å². The van der Waals surface area contributed by atoms with Gasteiger partial charge in [0.05, 0.1) is 11.3 Å². The van der Waals surface area contributed by atoms with Crippen LogP contribution in [0, 0.1) is 0 Å². The Balaban J connectivity index is 1.36. The van der Waals surface area contributed by atoms with Crippen molar-refractivity contribution in [3.05, 3.63) is 83.9 Å². The Kier molecular flexibility index (Phi) is 3.99. The van der Waals surface area contributed by atoms with Gasteiger partial charge in [-0.25, -0.2) is 9.79 Å². The minimum Gasteiger partial charge on any atom is -0.454 e. The van der Waals surface area contributed by atoms with Crippen molar-refractivity contribution >= 4 is 23.3 Å². The van der Waals surface area contributed by atoms with Crippen molar-refractivity contribution < 1.29 is 14.3 Å². The second kappa shape index (κ2) is 6.87. The molecule has 0 bridgehead atoms. The average molecular weight is 411 g/mol. The Morgan fingerprint density at radius 3 is 2.45 bits per heavy atom. The number of amides is 1. The molecule has 3 aliphatic heterocycles. The van der Waals surface area contributed by atoms with E-state index in [1.807, 2.05) is 72.8 Å². The van der Waals surface area contributed by atoms with Crippen LogP contribution in [-0.2, 0) is 10.3 Å². The molecule has 6 rings (SSSR count). The maximum atomic E-state index is 12.2. The average Bonchev–Trinajstić information content (AvgIpc) is 2.96. The van der Waals surface area contributed by atoms with Crippen LogP contribution in [-0.4, -0.2) is 29.9 Å². The first-order chi connectivity index (χ1) is 15.2. The number of benzene rings is 3. The van der Waals surface area contributed by atoms with E-state index in [1.54, 1.807) is 0 Å². The van der Waals surface area contributed by atoms with Crippen LogP contribution in [0.5, 0.6) is 11.5 Å². The SMILES string of the molecule is O=C1Nc2ccccc2C2(CCN(C3=Nc4ccccc4Oc4ccccc43)CC2)O1. The fourth-order valence-corrected chi connectivity index (χ4v) is 4.72. The smallest absolute Gasteiger partial charge is 0.412 e. The van der Waals surface area contributed by atoms with Gasteiger partial charge in [0.1, 0.15) is 22.9 Å². The zero-order chi connectivity index (χ0) is 20.8. The first-order valence-electron chi connectivity index (χ1n) is 10.5. The van der Waals surface area contributed by atoms with E-state index < -0.39 is 5.60 Å². The minimum atomic E-state index is -0.603. The second-order valence-corrected chi connectivity index (χ2v) is 8.04. The summed E-state index contributed by atoms with van der Waals surface area (Å²) >= 11 is 0. The Bertz CT molecular complexity index is 1210. The zero-order valence-corrected chi connectivity index (χ0v) is 16.9. The van der Waals surface area contributed by atoms with Gasteiger partial charge in [-0.05, 0) is 30.3 Å². The highest BCUT2D eigenvalue weighted by atomic mass is 16.6. The summed E-state index contributed by atoms with van der Waals surface area (Å²) in [5, 5.41) is 2.82. The molecule has 154 valence electrons. The third kappa shape index (κ3) is 2.94. The van der Waals surface area contributed by atoms with E-state index in [0.717, 1.165) is 52.9 Å². The largest absolute Gasteiger partial charge is 0.454 e. The summed E-state index contributed by atoms with van der Waals surface area (Å²) in [7, 11) is 0. The number of likely N-dealkylation sites (tertiary alicyclic amines) is 1. The molecule has 6 nitrogen and oxygen atoms in total. The van der Waals surface area contributed by atoms with Gasteiger partial charge >= 0.3 is 6.09 Å². The number of hydrogen-bond donors (Lipinski definition) is 1. The van der Waals surface area contributed by atoms with E-state index in [1.165, 1.54) is 0 Å². The third-order valence-corrected chi connectivity index (χ3v) is 6.25. The summed E-state index contributed by atoms with van der Waals surface area (Å²) in [4.78, 5) is 19.5. The maximum Gasteiger partial charge on any atom is 0.412 e. The molecule has 3 aromatic carbocycles. The Hall–Kier alpha value is -3.80. The highest BCUT2D eigenvalue weighted by molar-refractivity contribution is 6.03. The number of nitrogens with zero attached hydrogens (tertiary/aromatic N) is 2. The summed E-state index contributed by atoms with van der Waals surface area (Å²) in [6.45, 7) is 1.44. The third-order valence-electron chi connectivity index (χ3n) is 6.25. The molecular weight excluding hydrogens is 390 g/mol. The molecule has 0 unspecified atom stereocenters. The van der Waals surface area contributed by atoms with E-state index >= 15 is 0 Å². The van der Waals surface area contributed by atoms with Crippen LogP contribution in [0.4, 0.5) is 16.2 Å². The summed E-state index contributed by atoms with van der Waals surface area (Å²) in [6, 6.07) is 23.7. The predicted molar refractivity (Wildman–Crippen MR) is 118 cm³/mol. The van der Waals surface area contributed by atoms with Gasteiger partial charge in [-0.15, -0.1) is 0 Å². The maximum absolute atomic E-state index is 12.2. The Labute approximate surface area is 180 Å². The highest BCUT2D eigenvalue weighted by Crippen LogP contribution is 2.44. The normalized spacial score (nSPS) is 18.4. The topological polar surface area (TPSA) is 63.2 Å². The Morgan fingerprint density at radius 1 is 0.871 bits per heavy atom. The van der Waals surface area contributed by atoms with Crippen molar-refractivity contribution in [2.75, 3.05) is 18.4 Å². The molecule has 0 aliphatic carbocycles. The van der Waals surface area contributed by atoms with Crippen molar-refractivity contribution in [2.24, 2.45) is 4.99 Å². The van der Waals surface area contributed by atoms with Gasteiger partial charge in [0.2, 0.25) is 0 Å². The fraction of sp³-hybridized carbons (Fsp3) is 0.200. The molecule has 1 N–H and O–H groups in total. The molecule has 31 heavy (non-hydrogen) atoms. The van der Waals surface area contributed by atoms with E-state index in [9.17, 15) is 4.79 Å². The number of piperidine rings is 1. The van der Waals surface area contributed by atoms with Crippen LogP contribution in [0.25, 0.3) is 0 Å². The molecule has 1 amide bonds. The second-order valence-electron chi connectivity index (χ2n) is 8.04. The highest BCUT2D eigenvalue weighted by Gasteiger charge is 2.45. The number of hydrogen-bond acceptors (Lipinski definition) is 5. The standard InChI is InChI=1S/C25H21N3O3/c29-24-27-19-9-3-2-8-18(19)25(31-24)13-15-28(16-14-25)23-17-7-1-5-11-21(17)30-22-12-6-4-10-20(22)26-23/h1-12H,13-16H2,(H,27,29). The summed E-state index contributed by atoms with van der Waals surface area (Å²) < 4.78 is 12.1. The first kappa shape index (κ1) is 18.0. The zero-order valence-electron chi connectivity index (χ0n) is 16.9. The molecule has 6 heteroatoms. The van der Waals surface area contributed by atoms with Crippen molar-refractivity contribution in [1.29, 1.82) is 0 Å². The monoisotopic (exact) mass is 411 g/mol. The van der Waals surface area contributed by atoms with Gasteiger partial charge in [0.15, 0.2) is 5.75 Å². The van der Waals surface area contributed by atoms with Crippen LogP contribution in [0.15, 0.2) is 77.8 Å². The Morgan fingerprint density at radius 2 is 1.58 bits per heavy atom. The lowest BCUT2D eigenvalue weighted by Crippen LogP contribution is -2.49. The number of carbonyl (C=O) groups is 1. The molecule has 0 saturated carbocycles. The first-order valence-corrected chi connectivity index (χ1v) is 10.5. The van der Waals surface area contributed by atoms with Crippen molar-refractivity contribution in [3.63, 3.8) is 0 Å². The van der Waals surface area contributed by atoms with Crippen LogP contribution >= 0.6 is 0 Å². The quantitative estimate of drug-likeness (QED) is 0.536. The molecule has 0 radical (unpaired) electrons. The van der Waals surface area contributed by atoms with E-state index in [0.29, 0.717) is 12.8 Å². The van der Waals surface area contributed by atoms with Crippen LogP contribution in [0.2, 0.25) is 0 Å². The van der Waals surface area contributed by atoms with E-state index in [4.69, 9.17) is 14.5 Å². The lowest BCUT2D eigenvalue weighted by molar-refractivity contribution is -0.0267. The number of fused-ring (bicyclic) bond motifs is 4. The molecule has 0 atom stereocenters. The number of para-hydroxylation sites is 4. The van der Waals surface area contributed by atoms with E-state index in [2.05, 4.69) is 10.2 Å². The van der Waals surface area contributed by atoms with Crippen molar-refractivity contribution in [2.45, 2.75) is 18.4 Å². The predicted octanol–water partition coefficient (Wildman–Crippen LogP) is 5.42. The number of amidine groups is 1. The van der Waals surface area contributed by atoms with Gasteiger partial charge < -0.3 is 14.4 Å². The van der Waals surface area contributed by atoms with Crippen molar-refractivity contribution in [3.8, 4) is 11.5 Å². The van der Waals surface area contributed by atoms with Gasteiger partial charge in [-0.3, -0.25) is 5.32 Å². The van der Waals surface area contributed by atoms with Gasteiger partial charge in [-0.1, -0.05) is 42.5 Å². The molecular formula is C25H21N3O3. The fourth-order valence-electron chi connectivity index (χ4n) is 4.72. The number of carbonyl (C=O) groups excluding carboxylic acids is 1. The molecule has 0 aromatic heterocycles. The number of rotatable bonds is 0. The molecule has 1 saturated heterocycles. The molecule has 1 fully saturated rings. The van der Waals surface area contributed by atoms with Crippen LogP contribution in [0.1, 0.15) is 24.0 Å². The molecule has 3 aliphatic rings. The number of ether oxygens (including phenoxy) is 2. The molecule has 3 heterocycles. The van der Waals surface area contributed by atoms with E-state index in [-0.39, 0.29) is 6.09 Å². The van der Waals surface area contributed by atoms with Crippen molar-refractivity contribution in [1.82, 2.24) is 4.90 Å². The summed E-state index contributed by atoms with van der Waals surface area (Å²) in [6.07, 6.45) is 1.01. The summed E-state index contributed by atoms with van der Waals surface area (Å²) in [5.74, 6) is 2.44. The van der Waals surface area contributed by atoms with Crippen LogP contribution in [0.3, 0.4) is 0 Å². The number of aliphatic imine (C=N–C) groups is 1. The number of nitrogens with one attached hydrogen (secondary N) is 1.